The molecule has 2 amide bonds. The van der Waals surface area contributed by atoms with Gasteiger partial charge in [-0.25, -0.2) is 0 Å². The van der Waals surface area contributed by atoms with Crippen LogP contribution in [0, 0.1) is 0 Å². The Balaban J connectivity index is 1.79. The zero-order valence-corrected chi connectivity index (χ0v) is 11.0. The Morgan fingerprint density at radius 3 is 3.00 bits per heavy atom. The summed E-state index contributed by atoms with van der Waals surface area (Å²) < 4.78 is 0. The van der Waals surface area contributed by atoms with Crippen molar-refractivity contribution in [2.75, 3.05) is 17.2 Å². The van der Waals surface area contributed by atoms with Gasteiger partial charge in [0.15, 0.2) is 0 Å². The lowest BCUT2D eigenvalue weighted by molar-refractivity contribution is -0.118. The van der Waals surface area contributed by atoms with E-state index in [2.05, 4.69) is 16.0 Å². The number of amides is 2. The van der Waals surface area contributed by atoms with E-state index in [0.29, 0.717) is 17.1 Å². The summed E-state index contributed by atoms with van der Waals surface area (Å²) in [7, 11) is 0. The van der Waals surface area contributed by atoms with Crippen molar-refractivity contribution in [3.63, 3.8) is 0 Å². The van der Waals surface area contributed by atoms with E-state index in [4.69, 9.17) is 11.6 Å². The lowest BCUT2D eigenvalue weighted by Crippen LogP contribution is -2.35. The first kappa shape index (κ1) is 12.4. The van der Waals surface area contributed by atoms with Crippen LogP contribution >= 0.6 is 11.6 Å². The van der Waals surface area contributed by atoms with Gasteiger partial charge in [0.25, 0.3) is 0 Å². The molecule has 1 atom stereocenters. The summed E-state index contributed by atoms with van der Waals surface area (Å²) in [6.45, 7) is 0.869. The lowest BCUT2D eigenvalue weighted by atomic mass is 10.1. The molecule has 0 aliphatic carbocycles. The van der Waals surface area contributed by atoms with Crippen LogP contribution in [0.25, 0.3) is 0 Å². The number of hydrogen-bond acceptors (Lipinski definition) is 3. The van der Waals surface area contributed by atoms with Gasteiger partial charge in [-0.05, 0) is 37.1 Å². The molecule has 0 radical (unpaired) electrons. The SMILES string of the molecule is O=C1Cc2cc(NC(=O)[C@@H]3CCCN3)c(Cl)cc2N1. The summed E-state index contributed by atoms with van der Waals surface area (Å²) in [4.78, 5) is 23.3. The molecule has 3 rings (SSSR count). The van der Waals surface area contributed by atoms with Crippen molar-refractivity contribution in [1.82, 2.24) is 5.32 Å². The predicted molar refractivity (Wildman–Crippen MR) is 73.4 cm³/mol. The first-order valence-corrected chi connectivity index (χ1v) is 6.68. The van der Waals surface area contributed by atoms with Crippen LogP contribution in [0.5, 0.6) is 0 Å². The van der Waals surface area contributed by atoms with Crippen LogP contribution in [0.3, 0.4) is 0 Å². The molecule has 2 heterocycles. The van der Waals surface area contributed by atoms with Gasteiger partial charge in [0.05, 0.1) is 23.2 Å². The van der Waals surface area contributed by atoms with Crippen molar-refractivity contribution in [1.29, 1.82) is 0 Å². The molecule has 1 aromatic carbocycles. The van der Waals surface area contributed by atoms with Gasteiger partial charge < -0.3 is 16.0 Å². The number of carbonyl (C=O) groups is 2. The van der Waals surface area contributed by atoms with E-state index >= 15 is 0 Å². The average Bonchev–Trinajstić information content (AvgIpc) is 2.97. The zero-order chi connectivity index (χ0) is 13.4. The van der Waals surface area contributed by atoms with Crippen LogP contribution in [0.4, 0.5) is 11.4 Å². The number of hydrogen-bond donors (Lipinski definition) is 3. The van der Waals surface area contributed by atoms with E-state index < -0.39 is 0 Å². The minimum Gasteiger partial charge on any atom is -0.325 e. The number of halogens is 1. The standard InChI is InChI=1S/C13H14ClN3O2/c14-8-6-10-7(5-12(18)16-10)4-11(8)17-13(19)9-2-1-3-15-9/h4,6,9,15H,1-3,5H2,(H,16,18)(H,17,19)/t9-/m0/s1. The van der Waals surface area contributed by atoms with Gasteiger partial charge in [-0.15, -0.1) is 0 Å². The molecule has 19 heavy (non-hydrogen) atoms. The zero-order valence-electron chi connectivity index (χ0n) is 10.3. The molecular weight excluding hydrogens is 266 g/mol. The molecule has 0 bridgehead atoms. The number of benzene rings is 1. The second kappa shape index (κ2) is 4.83. The third-order valence-electron chi connectivity index (χ3n) is 3.45. The molecule has 2 aliphatic heterocycles. The van der Waals surface area contributed by atoms with Crippen LogP contribution in [0.15, 0.2) is 12.1 Å². The van der Waals surface area contributed by atoms with E-state index in [-0.39, 0.29) is 17.9 Å². The fourth-order valence-corrected chi connectivity index (χ4v) is 2.68. The Morgan fingerprint density at radius 1 is 1.42 bits per heavy atom. The Kier molecular flexibility index (Phi) is 3.16. The van der Waals surface area contributed by atoms with Crippen molar-refractivity contribution in [2.45, 2.75) is 25.3 Å². The van der Waals surface area contributed by atoms with Crippen LogP contribution < -0.4 is 16.0 Å². The second-order valence-electron chi connectivity index (χ2n) is 4.85. The minimum absolute atomic E-state index is 0.0491. The number of fused-ring (bicyclic) bond motifs is 1. The maximum atomic E-state index is 12.0. The van der Waals surface area contributed by atoms with Crippen LogP contribution in [-0.2, 0) is 16.0 Å². The topological polar surface area (TPSA) is 70.2 Å². The quantitative estimate of drug-likeness (QED) is 0.769. The number of carbonyl (C=O) groups excluding carboxylic acids is 2. The van der Waals surface area contributed by atoms with Crippen molar-refractivity contribution in [2.24, 2.45) is 0 Å². The highest BCUT2D eigenvalue weighted by molar-refractivity contribution is 6.34. The van der Waals surface area contributed by atoms with Crippen molar-refractivity contribution in [3.05, 3.63) is 22.7 Å². The summed E-state index contributed by atoms with van der Waals surface area (Å²) >= 11 is 6.12. The Bertz CT molecular complexity index is 553. The number of anilines is 2. The van der Waals surface area contributed by atoms with E-state index in [1.807, 2.05) is 0 Å². The number of rotatable bonds is 2. The third-order valence-corrected chi connectivity index (χ3v) is 3.77. The van der Waals surface area contributed by atoms with Crippen LogP contribution in [-0.4, -0.2) is 24.4 Å². The van der Waals surface area contributed by atoms with Crippen LogP contribution in [0.1, 0.15) is 18.4 Å². The first-order chi connectivity index (χ1) is 9.13. The van der Waals surface area contributed by atoms with Gasteiger partial charge in [0.1, 0.15) is 0 Å². The lowest BCUT2D eigenvalue weighted by Gasteiger charge is -2.13. The van der Waals surface area contributed by atoms with Crippen LogP contribution in [0.2, 0.25) is 5.02 Å². The van der Waals surface area contributed by atoms with Gasteiger partial charge >= 0.3 is 0 Å². The van der Waals surface area contributed by atoms with Gasteiger partial charge in [-0.2, -0.15) is 0 Å². The van der Waals surface area contributed by atoms with E-state index in [0.717, 1.165) is 30.6 Å². The summed E-state index contributed by atoms with van der Waals surface area (Å²) in [5.41, 5.74) is 2.16. The maximum absolute atomic E-state index is 12.0. The van der Waals surface area contributed by atoms with Gasteiger partial charge in [0, 0.05) is 5.69 Å². The summed E-state index contributed by atoms with van der Waals surface area (Å²) in [5, 5.41) is 9.12. The summed E-state index contributed by atoms with van der Waals surface area (Å²) in [6.07, 6.45) is 2.18. The monoisotopic (exact) mass is 279 g/mol. The number of nitrogens with one attached hydrogen (secondary N) is 3. The van der Waals surface area contributed by atoms with Gasteiger partial charge in [0.2, 0.25) is 11.8 Å². The predicted octanol–water partition coefficient (Wildman–Crippen LogP) is 1.53. The molecule has 0 saturated carbocycles. The largest absolute Gasteiger partial charge is 0.325 e. The second-order valence-corrected chi connectivity index (χ2v) is 5.26. The van der Waals surface area contributed by atoms with Crippen molar-refractivity contribution < 1.29 is 9.59 Å². The fourth-order valence-electron chi connectivity index (χ4n) is 2.47. The molecular formula is C13H14ClN3O2. The Morgan fingerprint density at radius 2 is 2.26 bits per heavy atom. The van der Waals surface area contributed by atoms with Gasteiger partial charge in [-0.3, -0.25) is 9.59 Å². The first-order valence-electron chi connectivity index (χ1n) is 6.30. The minimum atomic E-state index is -0.149. The van der Waals surface area contributed by atoms with E-state index in [1.165, 1.54) is 0 Å². The Labute approximate surface area is 115 Å². The normalized spacial score (nSPS) is 21.1. The molecule has 1 saturated heterocycles. The molecule has 0 aromatic heterocycles. The fraction of sp³-hybridized carbons (Fsp3) is 0.385. The highest BCUT2D eigenvalue weighted by atomic mass is 35.5. The van der Waals surface area contributed by atoms with E-state index in [9.17, 15) is 9.59 Å². The van der Waals surface area contributed by atoms with Crippen molar-refractivity contribution >= 4 is 34.8 Å². The molecule has 5 nitrogen and oxygen atoms in total. The highest BCUT2D eigenvalue weighted by Crippen LogP contribution is 2.33. The molecule has 6 heteroatoms. The molecule has 1 aromatic rings. The maximum Gasteiger partial charge on any atom is 0.241 e. The average molecular weight is 280 g/mol. The molecule has 1 fully saturated rings. The highest BCUT2D eigenvalue weighted by Gasteiger charge is 2.24. The molecule has 0 spiro atoms. The molecule has 0 unspecified atom stereocenters. The van der Waals surface area contributed by atoms with E-state index in [1.54, 1.807) is 12.1 Å². The molecule has 3 N–H and O–H groups in total. The smallest absolute Gasteiger partial charge is 0.241 e. The van der Waals surface area contributed by atoms with Crippen molar-refractivity contribution in [3.8, 4) is 0 Å². The molecule has 100 valence electrons. The third kappa shape index (κ3) is 2.43. The Hall–Kier alpha value is -1.59. The summed E-state index contributed by atoms with van der Waals surface area (Å²) in [6, 6.07) is 3.30. The van der Waals surface area contributed by atoms with Gasteiger partial charge in [-0.1, -0.05) is 11.6 Å². The summed E-state index contributed by atoms with van der Waals surface area (Å²) in [5.74, 6) is -0.122. The molecule has 2 aliphatic rings.